The van der Waals surface area contributed by atoms with E-state index >= 15 is 0 Å². The Hall–Kier alpha value is -0.170. The van der Waals surface area contributed by atoms with Gasteiger partial charge in [-0.1, -0.05) is 40.3 Å². The highest BCUT2D eigenvalue weighted by Gasteiger charge is 2.32. The number of benzene rings is 1. The van der Waals surface area contributed by atoms with Gasteiger partial charge >= 0.3 is 6.36 Å². The van der Waals surface area contributed by atoms with E-state index in [1.807, 2.05) is 22.6 Å². The Balaban J connectivity index is 2.99. The Bertz CT molecular complexity index is 327. The highest BCUT2D eigenvalue weighted by Crippen LogP contribution is 2.30. The first-order chi connectivity index (χ1) is 6.42. The molecule has 0 fully saturated rings. The molecule has 78 valence electrons. The lowest BCUT2D eigenvalue weighted by Crippen LogP contribution is -2.17. The predicted molar refractivity (Wildman–Crippen MR) is 55.9 cm³/mol. The van der Waals surface area contributed by atoms with E-state index in [1.54, 1.807) is 0 Å². The first-order valence-electron chi connectivity index (χ1n) is 3.52. The lowest BCUT2D eigenvalue weighted by Gasteiger charge is -2.12. The first-order valence-corrected chi connectivity index (χ1v) is 5.43. The zero-order valence-electron chi connectivity index (χ0n) is 6.74. The summed E-state index contributed by atoms with van der Waals surface area (Å²) in [6.45, 7) is 0. The van der Waals surface area contributed by atoms with Gasteiger partial charge in [-0.15, -0.1) is 13.2 Å². The van der Waals surface area contributed by atoms with Crippen molar-refractivity contribution < 1.29 is 17.9 Å². The van der Waals surface area contributed by atoms with Gasteiger partial charge in [0.25, 0.3) is 0 Å². The van der Waals surface area contributed by atoms with Crippen LogP contribution in [0.3, 0.4) is 0 Å². The van der Waals surface area contributed by atoms with Crippen LogP contribution in [0.1, 0.15) is 5.56 Å². The van der Waals surface area contributed by atoms with Crippen molar-refractivity contribution in [3.05, 3.63) is 28.8 Å². The summed E-state index contributed by atoms with van der Waals surface area (Å²) in [5.41, 5.74) is 0.465. The van der Waals surface area contributed by atoms with E-state index in [0.29, 0.717) is 9.99 Å². The number of halogens is 5. The average molecular weight is 336 g/mol. The summed E-state index contributed by atoms with van der Waals surface area (Å²) >= 11 is 7.50. The molecule has 0 aliphatic rings. The summed E-state index contributed by atoms with van der Waals surface area (Å²) in [7, 11) is 0. The summed E-state index contributed by atoms with van der Waals surface area (Å²) in [5, 5.41) is 0.220. The molecular weight excluding hydrogens is 331 g/mol. The molecule has 14 heavy (non-hydrogen) atoms. The third-order valence-corrected chi connectivity index (χ3v) is 2.46. The SMILES string of the molecule is FC(F)(F)Oc1cc(Cl)ccc1CI. The second-order valence-corrected chi connectivity index (χ2v) is 3.63. The van der Waals surface area contributed by atoms with Crippen molar-refractivity contribution in [3.8, 4) is 5.75 Å². The van der Waals surface area contributed by atoms with E-state index in [4.69, 9.17) is 11.6 Å². The van der Waals surface area contributed by atoms with E-state index in [1.165, 1.54) is 12.1 Å². The third-order valence-electron chi connectivity index (χ3n) is 1.40. The van der Waals surface area contributed by atoms with Crippen molar-refractivity contribution in [2.24, 2.45) is 0 Å². The molecule has 0 spiro atoms. The molecule has 0 bridgehead atoms. The molecule has 1 aromatic carbocycles. The molecule has 0 atom stereocenters. The molecule has 1 nitrogen and oxygen atoms in total. The molecule has 0 amide bonds. The highest BCUT2D eigenvalue weighted by atomic mass is 127. The van der Waals surface area contributed by atoms with Crippen molar-refractivity contribution in [1.82, 2.24) is 0 Å². The molecule has 1 rings (SSSR count). The number of hydrogen-bond acceptors (Lipinski definition) is 1. The Morgan fingerprint density at radius 2 is 2.00 bits per heavy atom. The fraction of sp³-hybridized carbons (Fsp3) is 0.250. The van der Waals surface area contributed by atoms with Crippen LogP contribution in [0.15, 0.2) is 18.2 Å². The Morgan fingerprint density at radius 1 is 1.36 bits per heavy atom. The van der Waals surface area contributed by atoms with Gasteiger partial charge in [0.1, 0.15) is 5.75 Å². The predicted octanol–water partition coefficient (Wildman–Crippen LogP) is 4.17. The maximum absolute atomic E-state index is 11.9. The number of rotatable bonds is 2. The van der Waals surface area contributed by atoms with E-state index in [2.05, 4.69) is 4.74 Å². The van der Waals surface area contributed by atoms with Crippen LogP contribution in [0, 0.1) is 0 Å². The Labute approximate surface area is 97.3 Å². The lowest BCUT2D eigenvalue weighted by molar-refractivity contribution is -0.274. The second kappa shape index (κ2) is 4.57. The van der Waals surface area contributed by atoms with Crippen molar-refractivity contribution in [1.29, 1.82) is 0 Å². The molecule has 0 saturated carbocycles. The van der Waals surface area contributed by atoms with Gasteiger partial charge < -0.3 is 4.74 Å². The van der Waals surface area contributed by atoms with Crippen LogP contribution in [-0.4, -0.2) is 6.36 Å². The second-order valence-electron chi connectivity index (χ2n) is 2.43. The number of alkyl halides is 4. The van der Waals surface area contributed by atoms with Gasteiger partial charge in [-0.25, -0.2) is 0 Å². The maximum atomic E-state index is 11.9. The van der Waals surface area contributed by atoms with Crippen LogP contribution >= 0.6 is 34.2 Å². The minimum absolute atomic E-state index is 0.220. The summed E-state index contributed by atoms with van der Waals surface area (Å²) in [6.07, 6.45) is -4.68. The van der Waals surface area contributed by atoms with Crippen molar-refractivity contribution in [2.75, 3.05) is 0 Å². The van der Waals surface area contributed by atoms with E-state index in [9.17, 15) is 13.2 Å². The smallest absolute Gasteiger partial charge is 0.405 e. The summed E-state index contributed by atoms with van der Waals surface area (Å²) in [5.74, 6) is -0.237. The summed E-state index contributed by atoms with van der Waals surface area (Å²) in [6, 6.07) is 4.19. The van der Waals surface area contributed by atoms with Gasteiger partial charge in [-0.2, -0.15) is 0 Å². The lowest BCUT2D eigenvalue weighted by atomic mass is 10.2. The third kappa shape index (κ3) is 3.53. The van der Waals surface area contributed by atoms with Crippen LogP contribution in [0.2, 0.25) is 5.02 Å². The Kier molecular flexibility index (Phi) is 3.88. The highest BCUT2D eigenvalue weighted by molar-refractivity contribution is 14.1. The molecule has 0 aromatic heterocycles. The maximum Gasteiger partial charge on any atom is 0.573 e. The van der Waals surface area contributed by atoms with E-state index in [0.717, 1.165) is 6.07 Å². The van der Waals surface area contributed by atoms with Gasteiger partial charge in [-0.3, -0.25) is 0 Å². The summed E-state index contributed by atoms with van der Waals surface area (Å²) < 4.78 is 40.0. The number of ether oxygens (including phenoxy) is 1. The number of hydrogen-bond donors (Lipinski definition) is 0. The molecule has 0 saturated heterocycles. The molecule has 6 heteroatoms. The van der Waals surface area contributed by atoms with Crippen LogP contribution in [0.4, 0.5) is 13.2 Å². The fourth-order valence-corrected chi connectivity index (χ4v) is 1.65. The quantitative estimate of drug-likeness (QED) is 0.582. The van der Waals surface area contributed by atoms with Gasteiger partial charge in [0.05, 0.1) is 0 Å². The van der Waals surface area contributed by atoms with E-state index < -0.39 is 6.36 Å². The zero-order valence-corrected chi connectivity index (χ0v) is 9.65. The van der Waals surface area contributed by atoms with Crippen LogP contribution in [0.25, 0.3) is 0 Å². The summed E-state index contributed by atoms with van der Waals surface area (Å²) in [4.78, 5) is 0. The van der Waals surface area contributed by atoms with Gasteiger partial charge in [0.2, 0.25) is 0 Å². The topological polar surface area (TPSA) is 9.23 Å². The van der Waals surface area contributed by atoms with Gasteiger partial charge in [-0.05, 0) is 12.1 Å². The molecule has 0 N–H and O–H groups in total. The molecule has 0 aliphatic carbocycles. The van der Waals surface area contributed by atoms with Crippen LogP contribution < -0.4 is 4.74 Å². The van der Waals surface area contributed by atoms with Gasteiger partial charge in [0, 0.05) is 15.0 Å². The molecule has 0 aliphatic heterocycles. The largest absolute Gasteiger partial charge is 0.573 e. The molecule has 0 unspecified atom stereocenters. The zero-order chi connectivity index (χ0) is 10.8. The normalized spacial score (nSPS) is 11.5. The first kappa shape index (κ1) is 11.9. The monoisotopic (exact) mass is 336 g/mol. The molecule has 0 radical (unpaired) electrons. The van der Waals surface area contributed by atoms with Crippen molar-refractivity contribution >= 4 is 34.2 Å². The average Bonchev–Trinajstić information content (AvgIpc) is 2.01. The van der Waals surface area contributed by atoms with E-state index in [-0.39, 0.29) is 10.8 Å². The Morgan fingerprint density at radius 3 is 2.50 bits per heavy atom. The molecule has 0 heterocycles. The van der Waals surface area contributed by atoms with Crippen LogP contribution in [0.5, 0.6) is 5.75 Å². The fourth-order valence-electron chi connectivity index (χ4n) is 0.858. The van der Waals surface area contributed by atoms with Gasteiger partial charge in [0.15, 0.2) is 0 Å². The molecule has 1 aromatic rings. The minimum Gasteiger partial charge on any atom is -0.405 e. The van der Waals surface area contributed by atoms with Crippen molar-refractivity contribution in [2.45, 2.75) is 10.8 Å². The standard InChI is InChI=1S/C8H5ClF3IO/c9-6-2-1-5(4-13)7(3-6)14-8(10,11)12/h1-3H,4H2. The minimum atomic E-state index is -4.68. The van der Waals surface area contributed by atoms with Crippen LogP contribution in [-0.2, 0) is 4.43 Å². The van der Waals surface area contributed by atoms with Crippen molar-refractivity contribution in [3.63, 3.8) is 0 Å². The molecular formula is C8H5ClF3IO.